The molecule has 0 unspecified atom stereocenters. The Bertz CT molecular complexity index is 825. The molecule has 6 heteroatoms. The average molecular weight is 287 g/mol. The number of halogens is 1. The van der Waals surface area contributed by atoms with Crippen LogP contribution in [-0.4, -0.2) is 15.5 Å². The summed E-state index contributed by atoms with van der Waals surface area (Å²) in [4.78, 5) is 15.9. The Morgan fingerprint density at radius 2 is 2.00 bits per heavy atom. The Hall–Kier alpha value is -2.53. The third-order valence-corrected chi connectivity index (χ3v) is 3.33. The molecule has 1 amide bonds. The molecule has 0 bridgehead atoms. The molecule has 0 aliphatic heterocycles. The molecule has 0 spiro atoms. The molecule has 0 atom stereocenters. The lowest BCUT2D eigenvalue weighted by Crippen LogP contribution is -2.15. The van der Waals surface area contributed by atoms with E-state index in [1.807, 2.05) is 24.3 Å². The smallest absolute Gasteiger partial charge is 0.250 e. The van der Waals surface area contributed by atoms with Crippen LogP contribution in [-0.2, 0) is 0 Å². The van der Waals surface area contributed by atoms with Gasteiger partial charge in [0.1, 0.15) is 6.33 Å². The minimum atomic E-state index is -0.591. The Kier molecular flexibility index (Phi) is 2.84. The fraction of sp³-hybridized carbons (Fsp3) is 0. The number of hydrogen-bond acceptors (Lipinski definition) is 3. The number of nitrogens with two attached hydrogens (primary N) is 2. The van der Waals surface area contributed by atoms with Gasteiger partial charge >= 0.3 is 0 Å². The highest BCUT2D eigenvalue weighted by Gasteiger charge is 2.17. The second-order valence-corrected chi connectivity index (χ2v) is 4.77. The number of hydrogen-bond donors (Lipinski definition) is 2. The van der Waals surface area contributed by atoms with E-state index in [9.17, 15) is 4.79 Å². The number of imidazole rings is 1. The van der Waals surface area contributed by atoms with Gasteiger partial charge in [0.15, 0.2) is 0 Å². The number of nitrogen functional groups attached to an aromatic ring is 1. The van der Waals surface area contributed by atoms with Crippen LogP contribution < -0.4 is 11.5 Å². The van der Waals surface area contributed by atoms with Crippen molar-refractivity contribution in [2.24, 2.45) is 5.73 Å². The number of aromatic nitrogens is 2. The van der Waals surface area contributed by atoms with E-state index < -0.39 is 5.91 Å². The molecule has 0 saturated heterocycles. The van der Waals surface area contributed by atoms with Crippen molar-refractivity contribution in [3.05, 3.63) is 53.3 Å². The largest absolute Gasteiger partial charge is 0.399 e. The van der Waals surface area contributed by atoms with Crippen LogP contribution in [0.25, 0.3) is 16.7 Å². The highest BCUT2D eigenvalue weighted by atomic mass is 35.5. The van der Waals surface area contributed by atoms with Crippen molar-refractivity contribution in [2.75, 3.05) is 5.73 Å². The molecule has 1 aromatic heterocycles. The van der Waals surface area contributed by atoms with Crippen LogP contribution in [0.1, 0.15) is 10.4 Å². The molecule has 0 fully saturated rings. The molecular weight excluding hydrogens is 276 g/mol. The summed E-state index contributed by atoms with van der Waals surface area (Å²) >= 11 is 6.23. The number of para-hydroxylation sites is 2. The second kappa shape index (κ2) is 4.54. The number of nitrogens with zero attached hydrogens (tertiary/aromatic N) is 2. The number of amides is 1. The van der Waals surface area contributed by atoms with Gasteiger partial charge in [-0.2, -0.15) is 0 Å². The Labute approximate surface area is 119 Å². The maximum Gasteiger partial charge on any atom is 0.250 e. The maximum atomic E-state index is 11.6. The summed E-state index contributed by atoms with van der Waals surface area (Å²) in [7, 11) is 0. The predicted molar refractivity (Wildman–Crippen MR) is 79.0 cm³/mol. The summed E-state index contributed by atoms with van der Waals surface area (Å²) in [5, 5.41) is 0.349. The Morgan fingerprint density at radius 3 is 2.75 bits per heavy atom. The minimum Gasteiger partial charge on any atom is -0.399 e. The van der Waals surface area contributed by atoms with Gasteiger partial charge in [-0.3, -0.25) is 9.36 Å². The molecule has 100 valence electrons. The van der Waals surface area contributed by atoms with Crippen LogP contribution in [0.15, 0.2) is 42.7 Å². The van der Waals surface area contributed by atoms with E-state index >= 15 is 0 Å². The lowest BCUT2D eigenvalue weighted by atomic mass is 10.1. The zero-order chi connectivity index (χ0) is 14.3. The van der Waals surface area contributed by atoms with Crippen molar-refractivity contribution in [2.45, 2.75) is 0 Å². The number of rotatable bonds is 2. The van der Waals surface area contributed by atoms with Gasteiger partial charge in [0.2, 0.25) is 0 Å². The molecule has 0 aliphatic carbocycles. The summed E-state index contributed by atoms with van der Waals surface area (Å²) in [6.07, 6.45) is 1.61. The van der Waals surface area contributed by atoms with Crippen LogP contribution in [0.2, 0.25) is 5.02 Å². The first-order valence-corrected chi connectivity index (χ1v) is 6.27. The maximum absolute atomic E-state index is 11.6. The Balaban J connectivity index is 2.37. The molecule has 20 heavy (non-hydrogen) atoms. The Morgan fingerprint density at radius 1 is 1.25 bits per heavy atom. The summed E-state index contributed by atoms with van der Waals surface area (Å²) in [5.41, 5.74) is 13.9. The van der Waals surface area contributed by atoms with Gasteiger partial charge in [0.25, 0.3) is 5.91 Å². The van der Waals surface area contributed by atoms with Gasteiger partial charge in [0.05, 0.1) is 27.3 Å². The topological polar surface area (TPSA) is 86.9 Å². The lowest BCUT2D eigenvalue weighted by molar-refractivity contribution is 0.100. The minimum absolute atomic E-state index is 0.262. The third kappa shape index (κ3) is 1.88. The average Bonchev–Trinajstić information content (AvgIpc) is 2.81. The van der Waals surface area contributed by atoms with Gasteiger partial charge < -0.3 is 11.5 Å². The predicted octanol–water partition coefficient (Wildman–Crippen LogP) is 2.36. The molecule has 5 nitrogen and oxygen atoms in total. The van der Waals surface area contributed by atoms with Crippen molar-refractivity contribution in [3.8, 4) is 5.69 Å². The van der Waals surface area contributed by atoms with Gasteiger partial charge in [-0.25, -0.2) is 4.98 Å². The molecule has 0 radical (unpaired) electrons. The number of carbonyl (C=O) groups is 1. The summed E-state index contributed by atoms with van der Waals surface area (Å²) in [5.74, 6) is -0.591. The van der Waals surface area contributed by atoms with E-state index in [0.717, 1.165) is 11.0 Å². The monoisotopic (exact) mass is 286 g/mol. The molecular formula is C14H11ClN4O. The number of fused-ring (bicyclic) bond motifs is 1. The van der Waals surface area contributed by atoms with Crippen LogP contribution >= 0.6 is 11.6 Å². The first-order chi connectivity index (χ1) is 9.58. The fourth-order valence-corrected chi connectivity index (χ4v) is 2.51. The number of carbonyl (C=O) groups excluding carboxylic acids is 1. The van der Waals surface area contributed by atoms with E-state index in [4.69, 9.17) is 23.1 Å². The second-order valence-electron chi connectivity index (χ2n) is 4.37. The molecule has 3 aromatic rings. The molecule has 2 aromatic carbocycles. The van der Waals surface area contributed by atoms with Crippen LogP contribution in [0.5, 0.6) is 0 Å². The van der Waals surface area contributed by atoms with E-state index in [-0.39, 0.29) is 5.56 Å². The van der Waals surface area contributed by atoms with Gasteiger partial charge in [-0.05, 0) is 24.3 Å². The van der Waals surface area contributed by atoms with Crippen molar-refractivity contribution in [1.29, 1.82) is 0 Å². The highest BCUT2D eigenvalue weighted by molar-refractivity contribution is 6.33. The third-order valence-electron chi connectivity index (χ3n) is 3.05. The van der Waals surface area contributed by atoms with Gasteiger partial charge in [-0.1, -0.05) is 23.7 Å². The van der Waals surface area contributed by atoms with Crippen LogP contribution in [0.3, 0.4) is 0 Å². The van der Waals surface area contributed by atoms with E-state index in [2.05, 4.69) is 4.98 Å². The molecule has 0 saturated carbocycles. The summed E-state index contributed by atoms with van der Waals surface area (Å²) in [6.45, 7) is 0. The van der Waals surface area contributed by atoms with Gasteiger partial charge in [-0.15, -0.1) is 0 Å². The summed E-state index contributed by atoms with van der Waals surface area (Å²) < 4.78 is 1.73. The number of anilines is 1. The van der Waals surface area contributed by atoms with E-state index in [1.54, 1.807) is 17.0 Å². The zero-order valence-electron chi connectivity index (χ0n) is 10.4. The van der Waals surface area contributed by atoms with Crippen molar-refractivity contribution in [1.82, 2.24) is 9.55 Å². The zero-order valence-corrected chi connectivity index (χ0v) is 11.1. The molecule has 0 aliphatic rings. The lowest BCUT2D eigenvalue weighted by Gasteiger charge is -2.12. The highest BCUT2D eigenvalue weighted by Crippen LogP contribution is 2.30. The standard InChI is InChI=1S/C14H11ClN4O/c15-10-6-8(16)5-9(14(17)20)13(10)19-7-18-11-3-1-2-4-12(11)19/h1-7H,16H2,(H2,17,20). The first-order valence-electron chi connectivity index (χ1n) is 5.89. The molecule has 1 heterocycles. The SMILES string of the molecule is NC(=O)c1cc(N)cc(Cl)c1-n1cnc2ccccc21. The van der Waals surface area contributed by atoms with Gasteiger partial charge in [0, 0.05) is 5.69 Å². The fourth-order valence-electron chi connectivity index (χ4n) is 2.19. The van der Waals surface area contributed by atoms with Crippen molar-refractivity contribution < 1.29 is 4.79 Å². The van der Waals surface area contributed by atoms with Crippen molar-refractivity contribution in [3.63, 3.8) is 0 Å². The first kappa shape index (κ1) is 12.5. The van der Waals surface area contributed by atoms with E-state index in [1.165, 1.54) is 6.07 Å². The summed E-state index contributed by atoms with van der Waals surface area (Å²) in [6, 6.07) is 10.6. The number of primary amides is 1. The van der Waals surface area contributed by atoms with Crippen molar-refractivity contribution >= 4 is 34.2 Å². The van der Waals surface area contributed by atoms with Crippen LogP contribution in [0.4, 0.5) is 5.69 Å². The molecule has 3 rings (SSSR count). The normalized spacial score (nSPS) is 10.8. The van der Waals surface area contributed by atoms with Crippen LogP contribution in [0, 0.1) is 0 Å². The van der Waals surface area contributed by atoms with E-state index in [0.29, 0.717) is 16.4 Å². The molecule has 4 N–H and O–H groups in total. The number of benzene rings is 2. The quantitative estimate of drug-likeness (QED) is 0.709.